The quantitative estimate of drug-likeness (QED) is 0.906. The van der Waals surface area contributed by atoms with Crippen LogP contribution in [0.25, 0.3) is 10.6 Å². The topological polar surface area (TPSA) is 34.1 Å². The molecule has 0 amide bonds. The van der Waals surface area contributed by atoms with E-state index in [0.717, 1.165) is 34.1 Å². The third kappa shape index (κ3) is 3.38. The molecule has 0 saturated carbocycles. The molecule has 3 nitrogen and oxygen atoms in total. The molecule has 0 aliphatic carbocycles. The molecular formula is C16H22N2OS. The van der Waals surface area contributed by atoms with Crippen LogP contribution in [0, 0.1) is 13.8 Å². The first-order valence-corrected chi connectivity index (χ1v) is 7.67. The average Bonchev–Trinajstić information content (AvgIpc) is 2.77. The van der Waals surface area contributed by atoms with Crippen molar-refractivity contribution in [1.82, 2.24) is 10.3 Å². The molecule has 0 atom stereocenters. The summed E-state index contributed by atoms with van der Waals surface area (Å²) in [7, 11) is 1.70. The predicted molar refractivity (Wildman–Crippen MR) is 85.6 cm³/mol. The van der Waals surface area contributed by atoms with Gasteiger partial charge in [-0.2, -0.15) is 0 Å². The van der Waals surface area contributed by atoms with E-state index in [1.807, 2.05) is 6.07 Å². The van der Waals surface area contributed by atoms with Crippen LogP contribution >= 0.6 is 11.3 Å². The summed E-state index contributed by atoms with van der Waals surface area (Å²) in [5.41, 5.74) is 3.42. The van der Waals surface area contributed by atoms with Crippen LogP contribution in [0.5, 0.6) is 5.75 Å². The summed E-state index contributed by atoms with van der Waals surface area (Å²) in [6.07, 6.45) is 0. The van der Waals surface area contributed by atoms with E-state index in [4.69, 9.17) is 9.72 Å². The number of aryl methyl sites for hydroxylation is 2. The van der Waals surface area contributed by atoms with Crippen molar-refractivity contribution < 1.29 is 4.74 Å². The molecule has 1 aromatic heterocycles. The van der Waals surface area contributed by atoms with Gasteiger partial charge in [0.2, 0.25) is 0 Å². The van der Waals surface area contributed by atoms with E-state index in [1.54, 1.807) is 18.4 Å². The maximum atomic E-state index is 5.30. The number of aromatic nitrogens is 1. The van der Waals surface area contributed by atoms with Crippen LogP contribution in [0.3, 0.4) is 0 Å². The lowest BCUT2D eigenvalue weighted by atomic mass is 10.1. The molecule has 2 rings (SSSR count). The normalized spacial score (nSPS) is 11.1. The van der Waals surface area contributed by atoms with Gasteiger partial charge < -0.3 is 10.1 Å². The van der Waals surface area contributed by atoms with E-state index in [9.17, 15) is 0 Å². The van der Waals surface area contributed by atoms with Gasteiger partial charge in [0.15, 0.2) is 0 Å². The third-order valence-electron chi connectivity index (χ3n) is 3.21. The van der Waals surface area contributed by atoms with E-state index in [0.29, 0.717) is 6.04 Å². The lowest BCUT2D eigenvalue weighted by molar-refractivity contribution is 0.412. The standard InChI is InChI=1S/C16H22N2OS/c1-10(2)17-9-15-12(4)18-16(20-15)13-6-7-14(19-5)11(3)8-13/h6-8,10,17H,9H2,1-5H3. The Morgan fingerprint density at radius 3 is 2.65 bits per heavy atom. The minimum absolute atomic E-state index is 0.489. The van der Waals surface area contributed by atoms with Gasteiger partial charge in [-0.15, -0.1) is 11.3 Å². The number of ether oxygens (including phenoxy) is 1. The second-order valence-electron chi connectivity index (χ2n) is 5.25. The molecule has 0 bridgehead atoms. The molecular weight excluding hydrogens is 268 g/mol. The molecule has 1 heterocycles. The van der Waals surface area contributed by atoms with Crippen LogP contribution in [0.15, 0.2) is 18.2 Å². The fraction of sp³-hybridized carbons (Fsp3) is 0.438. The minimum atomic E-state index is 0.489. The largest absolute Gasteiger partial charge is 0.496 e. The molecule has 0 unspecified atom stereocenters. The maximum absolute atomic E-state index is 5.30. The Hall–Kier alpha value is -1.39. The van der Waals surface area contributed by atoms with Gasteiger partial charge in [0.25, 0.3) is 0 Å². The van der Waals surface area contributed by atoms with Gasteiger partial charge in [0, 0.05) is 23.0 Å². The number of nitrogens with zero attached hydrogens (tertiary/aromatic N) is 1. The Balaban J connectivity index is 2.25. The second-order valence-corrected chi connectivity index (χ2v) is 6.33. The van der Waals surface area contributed by atoms with Crippen molar-refractivity contribution in [2.45, 2.75) is 40.3 Å². The van der Waals surface area contributed by atoms with Gasteiger partial charge >= 0.3 is 0 Å². The fourth-order valence-electron chi connectivity index (χ4n) is 2.02. The highest BCUT2D eigenvalue weighted by molar-refractivity contribution is 7.15. The Bertz CT molecular complexity index is 590. The van der Waals surface area contributed by atoms with E-state index in [-0.39, 0.29) is 0 Å². The SMILES string of the molecule is COc1ccc(-c2nc(C)c(CNC(C)C)s2)cc1C. The lowest BCUT2D eigenvalue weighted by Gasteiger charge is -2.06. The first kappa shape index (κ1) is 15.0. The molecule has 0 fully saturated rings. The van der Waals surface area contributed by atoms with E-state index >= 15 is 0 Å². The summed E-state index contributed by atoms with van der Waals surface area (Å²) in [6, 6.07) is 6.71. The maximum Gasteiger partial charge on any atom is 0.123 e. The van der Waals surface area contributed by atoms with Crippen LogP contribution in [0.4, 0.5) is 0 Å². The van der Waals surface area contributed by atoms with Crippen LogP contribution in [-0.2, 0) is 6.54 Å². The number of benzene rings is 1. The van der Waals surface area contributed by atoms with Gasteiger partial charge in [-0.05, 0) is 37.6 Å². The molecule has 20 heavy (non-hydrogen) atoms. The number of hydrogen-bond acceptors (Lipinski definition) is 4. The van der Waals surface area contributed by atoms with Crippen molar-refractivity contribution in [1.29, 1.82) is 0 Å². The molecule has 0 saturated heterocycles. The molecule has 2 aromatic rings. The van der Waals surface area contributed by atoms with Crippen molar-refractivity contribution in [2.24, 2.45) is 0 Å². The van der Waals surface area contributed by atoms with Crippen LogP contribution in [0.1, 0.15) is 30.0 Å². The number of methoxy groups -OCH3 is 1. The van der Waals surface area contributed by atoms with Gasteiger partial charge in [-0.1, -0.05) is 13.8 Å². The Kier molecular flexibility index (Phi) is 4.78. The summed E-state index contributed by atoms with van der Waals surface area (Å²) < 4.78 is 5.30. The minimum Gasteiger partial charge on any atom is -0.496 e. The van der Waals surface area contributed by atoms with E-state index < -0.39 is 0 Å². The summed E-state index contributed by atoms with van der Waals surface area (Å²) in [6.45, 7) is 9.34. The third-order valence-corrected chi connectivity index (χ3v) is 4.41. The van der Waals surface area contributed by atoms with Gasteiger partial charge in [0.05, 0.1) is 12.8 Å². The lowest BCUT2D eigenvalue weighted by Crippen LogP contribution is -2.21. The first-order chi connectivity index (χ1) is 9.51. The van der Waals surface area contributed by atoms with Crippen LogP contribution in [0.2, 0.25) is 0 Å². The highest BCUT2D eigenvalue weighted by Crippen LogP contribution is 2.31. The molecule has 0 aliphatic heterocycles. The van der Waals surface area contributed by atoms with Crippen LogP contribution in [-0.4, -0.2) is 18.1 Å². The van der Waals surface area contributed by atoms with Gasteiger partial charge in [-0.25, -0.2) is 4.98 Å². The fourth-order valence-corrected chi connectivity index (χ4v) is 3.03. The zero-order chi connectivity index (χ0) is 14.7. The second kappa shape index (κ2) is 6.37. The smallest absolute Gasteiger partial charge is 0.123 e. The first-order valence-electron chi connectivity index (χ1n) is 6.86. The summed E-state index contributed by atoms with van der Waals surface area (Å²) >= 11 is 1.76. The van der Waals surface area contributed by atoms with Crippen molar-refractivity contribution in [3.8, 4) is 16.3 Å². The Morgan fingerprint density at radius 2 is 2.05 bits per heavy atom. The van der Waals surface area contributed by atoms with Gasteiger partial charge in [-0.3, -0.25) is 0 Å². The number of hydrogen-bond donors (Lipinski definition) is 1. The number of thiazole rings is 1. The molecule has 1 aromatic carbocycles. The molecule has 108 valence electrons. The molecule has 4 heteroatoms. The number of nitrogens with one attached hydrogen (secondary N) is 1. The summed E-state index contributed by atoms with van der Waals surface area (Å²) in [5, 5.41) is 4.53. The van der Waals surface area contributed by atoms with Crippen molar-refractivity contribution >= 4 is 11.3 Å². The molecule has 0 aliphatic rings. The number of rotatable bonds is 5. The zero-order valence-corrected chi connectivity index (χ0v) is 13.6. The van der Waals surface area contributed by atoms with Gasteiger partial charge in [0.1, 0.15) is 10.8 Å². The predicted octanol–water partition coefficient (Wildman–Crippen LogP) is 3.93. The monoisotopic (exact) mass is 290 g/mol. The van der Waals surface area contributed by atoms with Crippen molar-refractivity contribution in [2.75, 3.05) is 7.11 Å². The average molecular weight is 290 g/mol. The summed E-state index contributed by atoms with van der Waals surface area (Å²) in [5.74, 6) is 0.920. The highest BCUT2D eigenvalue weighted by atomic mass is 32.1. The highest BCUT2D eigenvalue weighted by Gasteiger charge is 2.11. The summed E-state index contributed by atoms with van der Waals surface area (Å²) in [4.78, 5) is 6.00. The van der Waals surface area contributed by atoms with E-state index in [1.165, 1.54) is 4.88 Å². The van der Waals surface area contributed by atoms with Crippen LogP contribution < -0.4 is 10.1 Å². The van der Waals surface area contributed by atoms with E-state index in [2.05, 4.69) is 45.1 Å². The Labute approximate surface area is 125 Å². The van der Waals surface area contributed by atoms with Crippen molar-refractivity contribution in [3.05, 3.63) is 34.3 Å². The molecule has 1 N–H and O–H groups in total. The van der Waals surface area contributed by atoms with Crippen molar-refractivity contribution in [3.63, 3.8) is 0 Å². The molecule has 0 radical (unpaired) electrons. The zero-order valence-electron chi connectivity index (χ0n) is 12.8. The molecule has 0 spiro atoms. The Morgan fingerprint density at radius 1 is 1.30 bits per heavy atom.